The zero-order valence-corrected chi connectivity index (χ0v) is 16.8. The van der Waals surface area contributed by atoms with E-state index >= 15 is 0 Å². The molecular formula is C24H26ClNO2. The lowest BCUT2D eigenvalue weighted by molar-refractivity contribution is 0.0877. The molecule has 2 aliphatic rings. The predicted molar refractivity (Wildman–Crippen MR) is 112 cm³/mol. The molecule has 146 valence electrons. The Balaban J connectivity index is 1.32. The summed E-state index contributed by atoms with van der Waals surface area (Å²) in [6, 6.07) is 16.1. The van der Waals surface area contributed by atoms with Crippen LogP contribution >= 0.6 is 11.6 Å². The second-order valence-corrected chi connectivity index (χ2v) is 8.36. The van der Waals surface area contributed by atoms with Crippen LogP contribution in [0, 0.1) is 5.92 Å². The number of likely N-dealkylation sites (tertiary alicyclic amines) is 1. The largest absolute Gasteiger partial charge is 0.303 e. The van der Waals surface area contributed by atoms with Crippen LogP contribution in [0.25, 0.3) is 0 Å². The van der Waals surface area contributed by atoms with E-state index in [1.807, 2.05) is 6.07 Å². The third-order valence-corrected chi connectivity index (χ3v) is 6.62. The van der Waals surface area contributed by atoms with Gasteiger partial charge in [-0.05, 0) is 86.5 Å². The van der Waals surface area contributed by atoms with Gasteiger partial charge in [0.25, 0.3) is 5.24 Å². The van der Waals surface area contributed by atoms with Crippen LogP contribution in [0.2, 0.25) is 0 Å². The molecule has 4 rings (SSSR count). The summed E-state index contributed by atoms with van der Waals surface area (Å²) in [5.41, 5.74) is 3.48. The average molecular weight is 396 g/mol. The van der Waals surface area contributed by atoms with Gasteiger partial charge in [-0.1, -0.05) is 42.5 Å². The SMILES string of the molecule is O=C(Cl)c1cccc2c1CCC(CCN1CCC(c3ccccc3)CC1)C2=O. The molecule has 0 spiro atoms. The minimum atomic E-state index is -0.468. The first-order valence-corrected chi connectivity index (χ1v) is 10.6. The van der Waals surface area contributed by atoms with Crippen LogP contribution in [0.4, 0.5) is 0 Å². The van der Waals surface area contributed by atoms with Crippen LogP contribution in [-0.2, 0) is 6.42 Å². The van der Waals surface area contributed by atoms with E-state index in [1.54, 1.807) is 12.1 Å². The molecule has 2 aromatic carbocycles. The Bertz CT molecular complexity index is 856. The Morgan fingerprint density at radius 3 is 2.46 bits per heavy atom. The fourth-order valence-corrected chi connectivity index (χ4v) is 4.95. The number of rotatable bonds is 5. The Labute approximate surface area is 171 Å². The third-order valence-electron chi connectivity index (χ3n) is 6.42. The Morgan fingerprint density at radius 1 is 1.00 bits per heavy atom. The van der Waals surface area contributed by atoms with E-state index in [2.05, 4.69) is 35.2 Å². The fourth-order valence-electron chi connectivity index (χ4n) is 4.77. The van der Waals surface area contributed by atoms with Gasteiger partial charge in [0.1, 0.15) is 0 Å². The van der Waals surface area contributed by atoms with Crippen LogP contribution < -0.4 is 0 Å². The van der Waals surface area contributed by atoms with E-state index in [9.17, 15) is 9.59 Å². The highest BCUT2D eigenvalue weighted by atomic mass is 35.5. The number of piperidine rings is 1. The number of ketones is 1. The van der Waals surface area contributed by atoms with E-state index in [0.717, 1.165) is 44.5 Å². The predicted octanol–water partition coefficient (Wildman–Crippen LogP) is 5.08. The van der Waals surface area contributed by atoms with Crippen LogP contribution in [0.3, 0.4) is 0 Å². The van der Waals surface area contributed by atoms with Crippen LogP contribution in [0.15, 0.2) is 48.5 Å². The highest BCUT2D eigenvalue weighted by Crippen LogP contribution is 2.32. The van der Waals surface area contributed by atoms with E-state index in [-0.39, 0.29) is 11.7 Å². The van der Waals surface area contributed by atoms with Crippen molar-refractivity contribution >= 4 is 22.6 Å². The summed E-state index contributed by atoms with van der Waals surface area (Å²) in [6.07, 6.45) is 4.84. The minimum absolute atomic E-state index is 0.0556. The summed E-state index contributed by atoms with van der Waals surface area (Å²) >= 11 is 5.69. The smallest absolute Gasteiger partial charge is 0.252 e. The standard InChI is InChI=1S/C24H26ClNO2/c25-24(28)22-8-4-7-21-20(22)10-9-19(23(21)27)13-16-26-14-11-18(12-15-26)17-5-2-1-3-6-17/h1-8,18-19H,9-16H2. The van der Waals surface area contributed by atoms with Crippen molar-refractivity contribution in [2.45, 2.75) is 38.0 Å². The molecule has 3 nitrogen and oxygen atoms in total. The molecule has 0 radical (unpaired) electrons. The second-order valence-electron chi connectivity index (χ2n) is 8.02. The molecule has 1 fully saturated rings. The molecular weight excluding hydrogens is 370 g/mol. The van der Waals surface area contributed by atoms with Gasteiger partial charge in [0.2, 0.25) is 0 Å². The molecule has 1 saturated heterocycles. The molecule has 28 heavy (non-hydrogen) atoms. The number of Topliss-reactive ketones (excluding diaryl/α,β-unsaturated/α-hetero) is 1. The Hall–Kier alpha value is -1.97. The maximum absolute atomic E-state index is 12.9. The monoisotopic (exact) mass is 395 g/mol. The number of fused-ring (bicyclic) bond motifs is 1. The highest BCUT2D eigenvalue weighted by molar-refractivity contribution is 6.68. The average Bonchev–Trinajstić information content (AvgIpc) is 2.74. The lowest BCUT2D eigenvalue weighted by Crippen LogP contribution is -2.36. The van der Waals surface area contributed by atoms with Crippen molar-refractivity contribution in [3.63, 3.8) is 0 Å². The number of carbonyl (C=O) groups is 2. The normalized spacial score (nSPS) is 20.8. The summed E-state index contributed by atoms with van der Waals surface area (Å²) in [5, 5.41) is -0.468. The van der Waals surface area contributed by atoms with Crippen LogP contribution in [-0.4, -0.2) is 35.6 Å². The first-order chi connectivity index (χ1) is 13.6. The summed E-state index contributed by atoms with van der Waals surface area (Å²) in [7, 11) is 0. The maximum atomic E-state index is 12.9. The van der Waals surface area contributed by atoms with Crippen LogP contribution in [0.1, 0.15) is 63.4 Å². The number of hydrogen-bond donors (Lipinski definition) is 0. The summed E-state index contributed by atoms with van der Waals surface area (Å²) in [4.78, 5) is 27.0. The summed E-state index contributed by atoms with van der Waals surface area (Å²) in [5.74, 6) is 0.896. The Kier molecular flexibility index (Phi) is 5.93. The van der Waals surface area contributed by atoms with Crippen molar-refractivity contribution < 1.29 is 9.59 Å². The molecule has 0 saturated carbocycles. The fraction of sp³-hybridized carbons (Fsp3) is 0.417. The van der Waals surface area contributed by atoms with Gasteiger partial charge in [-0.3, -0.25) is 9.59 Å². The topological polar surface area (TPSA) is 37.4 Å². The lowest BCUT2D eigenvalue weighted by atomic mass is 9.79. The molecule has 1 aliphatic carbocycles. The van der Waals surface area contributed by atoms with Gasteiger partial charge >= 0.3 is 0 Å². The quantitative estimate of drug-likeness (QED) is 0.662. The molecule has 1 unspecified atom stereocenters. The molecule has 1 heterocycles. The number of carbonyl (C=O) groups excluding carboxylic acids is 2. The first-order valence-electron chi connectivity index (χ1n) is 10.3. The van der Waals surface area contributed by atoms with Gasteiger partial charge in [0.05, 0.1) is 0 Å². The Morgan fingerprint density at radius 2 is 1.75 bits per heavy atom. The molecule has 4 heteroatoms. The number of nitrogens with zero attached hydrogens (tertiary/aromatic N) is 1. The van der Waals surface area contributed by atoms with Crippen LogP contribution in [0.5, 0.6) is 0 Å². The number of hydrogen-bond acceptors (Lipinski definition) is 3. The first kappa shape index (κ1) is 19.4. The van der Waals surface area contributed by atoms with Gasteiger partial charge < -0.3 is 4.90 Å². The molecule has 2 aromatic rings. The van der Waals surface area contributed by atoms with Gasteiger partial charge in [-0.2, -0.15) is 0 Å². The van der Waals surface area contributed by atoms with Crippen molar-refractivity contribution in [2.24, 2.45) is 5.92 Å². The van der Waals surface area contributed by atoms with Crippen molar-refractivity contribution in [2.75, 3.05) is 19.6 Å². The zero-order chi connectivity index (χ0) is 19.5. The summed E-state index contributed by atoms with van der Waals surface area (Å²) in [6.45, 7) is 3.17. The van der Waals surface area contributed by atoms with Gasteiger partial charge in [0, 0.05) is 17.0 Å². The lowest BCUT2D eigenvalue weighted by Gasteiger charge is -2.33. The molecule has 0 N–H and O–H groups in total. The van der Waals surface area contributed by atoms with Crippen molar-refractivity contribution in [3.8, 4) is 0 Å². The molecule has 1 atom stereocenters. The number of halogens is 1. The van der Waals surface area contributed by atoms with Crippen molar-refractivity contribution in [1.82, 2.24) is 4.90 Å². The highest BCUT2D eigenvalue weighted by Gasteiger charge is 2.30. The number of benzene rings is 2. The molecule has 0 bridgehead atoms. The maximum Gasteiger partial charge on any atom is 0.252 e. The van der Waals surface area contributed by atoms with E-state index < -0.39 is 5.24 Å². The van der Waals surface area contributed by atoms with Crippen molar-refractivity contribution in [3.05, 3.63) is 70.8 Å². The molecule has 1 aliphatic heterocycles. The van der Waals surface area contributed by atoms with Gasteiger partial charge in [-0.15, -0.1) is 0 Å². The minimum Gasteiger partial charge on any atom is -0.303 e. The third kappa shape index (κ3) is 4.06. The van der Waals surface area contributed by atoms with E-state index in [4.69, 9.17) is 11.6 Å². The van der Waals surface area contributed by atoms with E-state index in [0.29, 0.717) is 17.0 Å². The van der Waals surface area contributed by atoms with Crippen molar-refractivity contribution in [1.29, 1.82) is 0 Å². The molecule has 0 aromatic heterocycles. The van der Waals surface area contributed by atoms with E-state index in [1.165, 1.54) is 18.4 Å². The zero-order valence-electron chi connectivity index (χ0n) is 16.1. The van der Waals surface area contributed by atoms with Gasteiger partial charge in [-0.25, -0.2) is 0 Å². The van der Waals surface area contributed by atoms with Gasteiger partial charge in [0.15, 0.2) is 5.78 Å². The summed E-state index contributed by atoms with van der Waals surface area (Å²) < 4.78 is 0. The second kappa shape index (κ2) is 8.59. The molecule has 0 amide bonds.